The number of alkyl halides is 1. The van der Waals surface area contributed by atoms with Crippen molar-refractivity contribution < 1.29 is 9.18 Å². The van der Waals surface area contributed by atoms with Crippen LogP contribution in [0.5, 0.6) is 0 Å². The smallest absolute Gasteiger partial charge is 0.180 e. The van der Waals surface area contributed by atoms with Crippen molar-refractivity contribution in [2.24, 2.45) is 0 Å². The van der Waals surface area contributed by atoms with Crippen molar-refractivity contribution >= 4 is 6.29 Å². The van der Waals surface area contributed by atoms with E-state index >= 15 is 0 Å². The van der Waals surface area contributed by atoms with Gasteiger partial charge in [-0.05, 0) is 5.56 Å². The summed E-state index contributed by atoms with van der Waals surface area (Å²) in [6.07, 6.45) is -1.18. The Labute approximate surface area is 58.5 Å². The molecule has 1 rings (SSSR count). The first-order chi connectivity index (χ1) is 4.84. The van der Waals surface area contributed by atoms with Gasteiger partial charge in [0.15, 0.2) is 12.5 Å². The number of carbonyl (C=O) groups is 1. The van der Waals surface area contributed by atoms with Crippen molar-refractivity contribution in [1.82, 2.24) is 0 Å². The summed E-state index contributed by atoms with van der Waals surface area (Å²) in [7, 11) is 0. The molecule has 0 amide bonds. The summed E-state index contributed by atoms with van der Waals surface area (Å²) < 4.78 is 12.5. The van der Waals surface area contributed by atoms with Crippen LogP contribution in [-0.4, -0.2) is 6.29 Å². The van der Waals surface area contributed by atoms with Gasteiger partial charge in [0.05, 0.1) is 0 Å². The fourth-order valence-electron chi connectivity index (χ4n) is 0.715. The van der Waals surface area contributed by atoms with Gasteiger partial charge in [0.2, 0.25) is 0 Å². The zero-order valence-corrected chi connectivity index (χ0v) is 5.33. The van der Waals surface area contributed by atoms with E-state index < -0.39 is 6.17 Å². The molecule has 0 saturated carbocycles. The Balaban J connectivity index is 2.84. The number of hydrogen-bond acceptors (Lipinski definition) is 1. The molecule has 1 aromatic rings. The molecule has 2 heteroatoms. The molecule has 1 nitrogen and oxygen atoms in total. The van der Waals surface area contributed by atoms with Crippen LogP contribution in [0.3, 0.4) is 0 Å². The summed E-state index contributed by atoms with van der Waals surface area (Å²) in [5.41, 5.74) is 0.414. The summed E-state index contributed by atoms with van der Waals surface area (Å²) >= 11 is 0. The average molecular weight is 138 g/mol. The second-order valence-corrected chi connectivity index (χ2v) is 1.95. The largest absolute Gasteiger partial charge is 0.300 e. The first-order valence-electron chi connectivity index (χ1n) is 2.99. The van der Waals surface area contributed by atoms with Crippen molar-refractivity contribution in [1.29, 1.82) is 0 Å². The molecule has 10 heavy (non-hydrogen) atoms. The molecule has 0 bridgehead atoms. The van der Waals surface area contributed by atoms with Gasteiger partial charge in [0.1, 0.15) is 0 Å². The van der Waals surface area contributed by atoms with Gasteiger partial charge in [0, 0.05) is 0 Å². The highest BCUT2D eigenvalue weighted by molar-refractivity contribution is 5.59. The number of benzene rings is 1. The van der Waals surface area contributed by atoms with Gasteiger partial charge in [0.25, 0.3) is 0 Å². The summed E-state index contributed by atoms with van der Waals surface area (Å²) in [5.74, 6) is 0. The third-order valence-corrected chi connectivity index (χ3v) is 1.24. The lowest BCUT2D eigenvalue weighted by Gasteiger charge is -1.97. The molecule has 0 aliphatic rings. The lowest BCUT2D eigenvalue weighted by molar-refractivity contribution is -0.112. The van der Waals surface area contributed by atoms with Crippen LogP contribution in [0.1, 0.15) is 11.7 Å². The third kappa shape index (κ3) is 1.41. The van der Waals surface area contributed by atoms with Gasteiger partial charge in [-0.25, -0.2) is 4.39 Å². The zero-order chi connectivity index (χ0) is 7.40. The van der Waals surface area contributed by atoms with Gasteiger partial charge >= 0.3 is 0 Å². The molecule has 0 radical (unpaired) electrons. The van der Waals surface area contributed by atoms with Crippen LogP contribution in [0.15, 0.2) is 30.3 Å². The Morgan fingerprint density at radius 1 is 1.30 bits per heavy atom. The summed E-state index contributed by atoms with van der Waals surface area (Å²) in [6.45, 7) is 0. The second kappa shape index (κ2) is 3.11. The van der Waals surface area contributed by atoms with Crippen molar-refractivity contribution in [2.75, 3.05) is 0 Å². The standard InChI is InChI=1S/C8H7FO/c9-8(6-10)7-4-2-1-3-5-7/h1-6,8H/t8-/m0/s1. The van der Waals surface area contributed by atoms with Gasteiger partial charge in [-0.3, -0.25) is 4.79 Å². The summed E-state index contributed by atoms with van der Waals surface area (Å²) in [4.78, 5) is 9.93. The Kier molecular flexibility index (Phi) is 2.15. The zero-order valence-electron chi connectivity index (χ0n) is 5.33. The molecule has 0 saturated heterocycles. The Hall–Kier alpha value is -1.18. The predicted molar refractivity (Wildman–Crippen MR) is 36.4 cm³/mol. The number of rotatable bonds is 2. The van der Waals surface area contributed by atoms with Gasteiger partial charge in [-0.2, -0.15) is 0 Å². The topological polar surface area (TPSA) is 17.1 Å². The first-order valence-corrected chi connectivity index (χ1v) is 2.99. The number of halogens is 1. The highest BCUT2D eigenvalue weighted by atomic mass is 19.1. The third-order valence-electron chi connectivity index (χ3n) is 1.24. The van der Waals surface area contributed by atoms with Crippen molar-refractivity contribution in [3.63, 3.8) is 0 Å². The minimum Gasteiger partial charge on any atom is -0.300 e. The van der Waals surface area contributed by atoms with E-state index in [-0.39, 0.29) is 6.29 Å². The van der Waals surface area contributed by atoms with Crippen LogP contribution in [0.2, 0.25) is 0 Å². The van der Waals surface area contributed by atoms with E-state index in [0.717, 1.165) is 0 Å². The number of hydrogen-bond donors (Lipinski definition) is 0. The van der Waals surface area contributed by atoms with Crippen LogP contribution >= 0.6 is 0 Å². The van der Waals surface area contributed by atoms with Crippen LogP contribution in [0, 0.1) is 0 Å². The molecule has 0 aromatic heterocycles. The molecule has 1 aromatic carbocycles. The van der Waals surface area contributed by atoms with Crippen LogP contribution in [0.25, 0.3) is 0 Å². The maximum atomic E-state index is 12.5. The van der Waals surface area contributed by atoms with Gasteiger partial charge < -0.3 is 0 Å². The van der Waals surface area contributed by atoms with E-state index in [2.05, 4.69) is 0 Å². The van der Waals surface area contributed by atoms with Crippen molar-refractivity contribution in [3.8, 4) is 0 Å². The number of aldehydes is 1. The van der Waals surface area contributed by atoms with Crippen molar-refractivity contribution in [2.45, 2.75) is 6.17 Å². The van der Waals surface area contributed by atoms with Crippen LogP contribution < -0.4 is 0 Å². The fraction of sp³-hybridized carbons (Fsp3) is 0.125. The average Bonchev–Trinajstić information content (AvgIpc) is 2.05. The molecular formula is C8H7FO. The first kappa shape index (κ1) is 6.93. The molecule has 52 valence electrons. The maximum Gasteiger partial charge on any atom is 0.180 e. The Morgan fingerprint density at radius 3 is 2.40 bits per heavy atom. The molecule has 0 aliphatic heterocycles. The summed E-state index contributed by atoms with van der Waals surface area (Å²) in [5, 5.41) is 0. The molecule has 0 N–H and O–H groups in total. The molecule has 0 fully saturated rings. The van der Waals surface area contributed by atoms with Crippen molar-refractivity contribution in [3.05, 3.63) is 35.9 Å². The monoisotopic (exact) mass is 138 g/mol. The molecule has 0 spiro atoms. The molecule has 1 atom stereocenters. The lowest BCUT2D eigenvalue weighted by Crippen LogP contribution is -1.90. The Bertz CT molecular complexity index is 208. The van der Waals surface area contributed by atoms with E-state index in [0.29, 0.717) is 5.56 Å². The maximum absolute atomic E-state index is 12.5. The highest BCUT2D eigenvalue weighted by Gasteiger charge is 2.04. The SMILES string of the molecule is O=C[C@H](F)c1ccccc1. The molecule has 0 aliphatic carbocycles. The van der Waals surface area contributed by atoms with E-state index in [1.165, 1.54) is 0 Å². The van der Waals surface area contributed by atoms with E-state index in [1.807, 2.05) is 0 Å². The van der Waals surface area contributed by atoms with Crippen LogP contribution in [0.4, 0.5) is 4.39 Å². The normalized spacial score (nSPS) is 12.5. The molecule has 0 heterocycles. The summed E-state index contributed by atoms with van der Waals surface area (Å²) in [6, 6.07) is 8.34. The van der Waals surface area contributed by atoms with Gasteiger partial charge in [-0.1, -0.05) is 30.3 Å². The molecule has 0 unspecified atom stereocenters. The fourth-order valence-corrected chi connectivity index (χ4v) is 0.715. The van der Waals surface area contributed by atoms with E-state index in [1.54, 1.807) is 30.3 Å². The second-order valence-electron chi connectivity index (χ2n) is 1.95. The van der Waals surface area contributed by atoms with E-state index in [4.69, 9.17) is 0 Å². The lowest BCUT2D eigenvalue weighted by atomic mass is 10.1. The highest BCUT2D eigenvalue weighted by Crippen LogP contribution is 2.12. The minimum atomic E-state index is -1.47. The molecular weight excluding hydrogens is 131 g/mol. The van der Waals surface area contributed by atoms with E-state index in [9.17, 15) is 9.18 Å². The predicted octanol–water partition coefficient (Wildman–Crippen LogP) is 1.90. The van der Waals surface area contributed by atoms with Crippen LogP contribution in [-0.2, 0) is 4.79 Å². The Morgan fingerprint density at radius 2 is 1.90 bits per heavy atom. The van der Waals surface area contributed by atoms with Gasteiger partial charge in [-0.15, -0.1) is 0 Å². The quantitative estimate of drug-likeness (QED) is 0.570. The number of carbonyl (C=O) groups excluding carboxylic acids is 1. The minimum absolute atomic E-state index is 0.287.